The Morgan fingerprint density at radius 3 is 2.45 bits per heavy atom. The van der Waals surface area contributed by atoms with Crippen LogP contribution < -0.4 is 0 Å². The fraction of sp³-hybridized carbons (Fsp3) is 0.500. The Labute approximate surface area is 69.0 Å². The predicted molar refractivity (Wildman–Crippen MR) is 47.6 cm³/mol. The van der Waals surface area contributed by atoms with Gasteiger partial charge in [-0.05, 0) is 36.5 Å². The predicted octanol–water partition coefficient (Wildman–Crippen LogP) is 2.99. The van der Waals surface area contributed by atoms with Crippen molar-refractivity contribution in [2.24, 2.45) is 0 Å². The number of pyridine rings is 1. The number of nitrogens with zero attached hydrogens (tertiary/aromatic N) is 1. The molecule has 1 fully saturated rings. The maximum atomic E-state index is 4.02. The molecule has 0 N–H and O–H groups in total. The van der Waals surface area contributed by atoms with E-state index >= 15 is 0 Å². The zero-order valence-corrected chi connectivity index (χ0v) is 6.66. The fourth-order valence-electron chi connectivity index (χ4n) is 1.89. The molecule has 1 heteroatoms. The summed E-state index contributed by atoms with van der Waals surface area (Å²) in [5.74, 6) is 0.831. The van der Waals surface area contributed by atoms with Gasteiger partial charge in [-0.1, -0.05) is 12.8 Å². The Kier molecular flexibility index (Phi) is 1.89. The summed E-state index contributed by atoms with van der Waals surface area (Å²) in [6, 6.07) is 4.30. The lowest BCUT2D eigenvalue weighted by molar-refractivity contribution is 0.722. The van der Waals surface area contributed by atoms with Gasteiger partial charge in [0.1, 0.15) is 0 Å². The molecule has 1 heterocycles. The van der Waals surface area contributed by atoms with Gasteiger partial charge in [-0.25, -0.2) is 0 Å². The highest BCUT2D eigenvalue weighted by atomic mass is 14.6. The van der Waals surface area contributed by atoms with Crippen molar-refractivity contribution in [2.45, 2.75) is 31.6 Å². The van der Waals surface area contributed by atoms with Crippen LogP contribution in [0.5, 0.6) is 0 Å². The maximum Gasteiger partial charge on any atom is 0.0270 e. The van der Waals surface area contributed by atoms with Crippen LogP contribution in [0.3, 0.4) is 0 Å². The molecule has 1 nitrogen and oxygen atoms in total. The van der Waals surface area contributed by atoms with Gasteiger partial charge in [0.2, 0.25) is 0 Å². The summed E-state index contributed by atoms with van der Waals surface area (Å²) in [4.78, 5) is 4.02. The van der Waals surface area contributed by atoms with E-state index in [1.807, 2.05) is 12.4 Å². The minimum Gasteiger partial charge on any atom is -0.265 e. The third kappa shape index (κ3) is 1.42. The smallest absolute Gasteiger partial charge is 0.0270 e. The normalized spacial score (nSPS) is 18.9. The molecule has 0 spiro atoms. The summed E-state index contributed by atoms with van der Waals surface area (Å²) >= 11 is 0. The van der Waals surface area contributed by atoms with Crippen LogP contribution in [0.2, 0.25) is 0 Å². The Balaban J connectivity index is 0.000000720. The second kappa shape index (κ2) is 3.04. The van der Waals surface area contributed by atoms with Crippen molar-refractivity contribution in [1.29, 1.82) is 0 Å². The molecule has 0 aliphatic heterocycles. The van der Waals surface area contributed by atoms with Crippen LogP contribution in [0.25, 0.3) is 0 Å². The fourth-order valence-corrected chi connectivity index (χ4v) is 1.89. The van der Waals surface area contributed by atoms with E-state index in [2.05, 4.69) is 17.1 Å². The van der Waals surface area contributed by atoms with Crippen LogP contribution in [0.4, 0.5) is 0 Å². The van der Waals surface area contributed by atoms with E-state index in [9.17, 15) is 0 Å². The van der Waals surface area contributed by atoms with Gasteiger partial charge in [0.25, 0.3) is 0 Å². The highest BCUT2D eigenvalue weighted by molar-refractivity contribution is 5.16. The summed E-state index contributed by atoms with van der Waals surface area (Å²) < 4.78 is 0. The van der Waals surface area contributed by atoms with Crippen molar-refractivity contribution in [3.63, 3.8) is 0 Å². The molecule has 1 aliphatic carbocycles. The molecular weight excluding hydrogens is 134 g/mol. The van der Waals surface area contributed by atoms with E-state index in [0.29, 0.717) is 0 Å². The first-order valence-corrected chi connectivity index (χ1v) is 4.37. The molecule has 1 aromatic rings. The van der Waals surface area contributed by atoms with E-state index in [4.69, 9.17) is 0 Å². The van der Waals surface area contributed by atoms with Gasteiger partial charge in [-0.3, -0.25) is 4.98 Å². The first-order chi connectivity index (χ1) is 5.47. The van der Waals surface area contributed by atoms with Crippen molar-refractivity contribution < 1.29 is 1.43 Å². The van der Waals surface area contributed by atoms with Crippen molar-refractivity contribution in [2.75, 3.05) is 0 Å². The first kappa shape index (κ1) is 6.84. The number of hydrogen-bond acceptors (Lipinski definition) is 1. The standard InChI is InChI=1S/C10H13N.H2/c1-2-4-9(3-1)10-5-7-11-8-6-10;/h5-9H,1-4H2;1H. The van der Waals surface area contributed by atoms with E-state index in [-0.39, 0.29) is 1.43 Å². The molecule has 0 atom stereocenters. The Morgan fingerprint density at radius 1 is 1.18 bits per heavy atom. The minimum atomic E-state index is 0. The lowest BCUT2D eigenvalue weighted by Crippen LogP contribution is -1.90. The summed E-state index contributed by atoms with van der Waals surface area (Å²) in [6.07, 6.45) is 9.37. The highest BCUT2D eigenvalue weighted by Gasteiger charge is 2.15. The quantitative estimate of drug-likeness (QED) is 0.598. The molecule has 1 aliphatic rings. The van der Waals surface area contributed by atoms with E-state index < -0.39 is 0 Å². The minimum absolute atomic E-state index is 0. The number of hydrogen-bond donors (Lipinski definition) is 0. The van der Waals surface area contributed by atoms with Crippen molar-refractivity contribution in [3.05, 3.63) is 30.1 Å². The third-order valence-electron chi connectivity index (χ3n) is 2.53. The molecular formula is C10H15N. The number of aromatic nitrogens is 1. The lowest BCUT2D eigenvalue weighted by atomic mass is 9.99. The van der Waals surface area contributed by atoms with Crippen LogP contribution in [0.1, 0.15) is 38.6 Å². The molecule has 0 amide bonds. The van der Waals surface area contributed by atoms with E-state index in [0.717, 1.165) is 5.92 Å². The van der Waals surface area contributed by atoms with Crippen LogP contribution >= 0.6 is 0 Å². The largest absolute Gasteiger partial charge is 0.265 e. The monoisotopic (exact) mass is 149 g/mol. The summed E-state index contributed by atoms with van der Waals surface area (Å²) in [7, 11) is 0. The zero-order chi connectivity index (χ0) is 7.52. The lowest BCUT2D eigenvalue weighted by Gasteiger charge is -2.07. The highest BCUT2D eigenvalue weighted by Crippen LogP contribution is 2.33. The van der Waals surface area contributed by atoms with Gasteiger partial charge in [-0.2, -0.15) is 0 Å². The van der Waals surface area contributed by atoms with Crippen LogP contribution in [-0.2, 0) is 0 Å². The third-order valence-corrected chi connectivity index (χ3v) is 2.53. The summed E-state index contributed by atoms with van der Waals surface area (Å²) in [6.45, 7) is 0. The topological polar surface area (TPSA) is 12.9 Å². The van der Waals surface area contributed by atoms with Crippen LogP contribution in [0.15, 0.2) is 24.5 Å². The Hall–Kier alpha value is -0.850. The van der Waals surface area contributed by atoms with Gasteiger partial charge >= 0.3 is 0 Å². The van der Waals surface area contributed by atoms with Crippen LogP contribution in [0, 0.1) is 0 Å². The van der Waals surface area contributed by atoms with Crippen molar-refractivity contribution in [3.8, 4) is 0 Å². The van der Waals surface area contributed by atoms with Crippen molar-refractivity contribution >= 4 is 0 Å². The van der Waals surface area contributed by atoms with E-state index in [1.165, 1.54) is 31.2 Å². The molecule has 0 saturated heterocycles. The Bertz CT molecular complexity index is 217. The van der Waals surface area contributed by atoms with Gasteiger partial charge in [-0.15, -0.1) is 0 Å². The average molecular weight is 149 g/mol. The molecule has 0 bridgehead atoms. The number of rotatable bonds is 1. The maximum absolute atomic E-state index is 4.02. The second-order valence-corrected chi connectivity index (χ2v) is 3.26. The zero-order valence-electron chi connectivity index (χ0n) is 6.66. The van der Waals surface area contributed by atoms with Crippen LogP contribution in [-0.4, -0.2) is 4.98 Å². The van der Waals surface area contributed by atoms with Gasteiger partial charge in [0, 0.05) is 13.8 Å². The molecule has 1 aromatic heterocycles. The van der Waals surface area contributed by atoms with Gasteiger partial charge in [0.15, 0.2) is 0 Å². The summed E-state index contributed by atoms with van der Waals surface area (Å²) in [5.41, 5.74) is 1.48. The molecule has 0 aromatic carbocycles. The molecule has 60 valence electrons. The molecule has 1 saturated carbocycles. The van der Waals surface area contributed by atoms with Gasteiger partial charge in [0.05, 0.1) is 0 Å². The first-order valence-electron chi connectivity index (χ1n) is 4.37. The molecule has 0 radical (unpaired) electrons. The molecule has 11 heavy (non-hydrogen) atoms. The molecule has 0 unspecified atom stereocenters. The molecule has 2 rings (SSSR count). The SMILES string of the molecule is [HH].c1cc(C2CCCC2)ccn1. The average Bonchev–Trinajstić information content (AvgIpc) is 2.58. The second-order valence-electron chi connectivity index (χ2n) is 3.26. The van der Waals surface area contributed by atoms with Gasteiger partial charge < -0.3 is 0 Å². The Morgan fingerprint density at radius 2 is 1.82 bits per heavy atom. The summed E-state index contributed by atoms with van der Waals surface area (Å²) in [5, 5.41) is 0. The van der Waals surface area contributed by atoms with E-state index in [1.54, 1.807) is 0 Å². The van der Waals surface area contributed by atoms with Crippen molar-refractivity contribution in [1.82, 2.24) is 4.98 Å².